The van der Waals surface area contributed by atoms with Crippen molar-refractivity contribution >= 4 is 5.91 Å². The summed E-state index contributed by atoms with van der Waals surface area (Å²) in [5.74, 6) is 1.58. The van der Waals surface area contributed by atoms with Gasteiger partial charge in [-0.05, 0) is 30.7 Å². The van der Waals surface area contributed by atoms with Crippen LogP contribution in [0.5, 0.6) is 0 Å². The van der Waals surface area contributed by atoms with Gasteiger partial charge in [-0.25, -0.2) is 0 Å². The molecule has 1 aliphatic heterocycles. The molecule has 2 N–H and O–H groups in total. The number of aromatic nitrogens is 3. The van der Waals surface area contributed by atoms with E-state index in [0.29, 0.717) is 25.4 Å². The van der Waals surface area contributed by atoms with Gasteiger partial charge in [0.2, 0.25) is 5.91 Å². The van der Waals surface area contributed by atoms with Crippen molar-refractivity contribution in [3.05, 3.63) is 12.2 Å². The summed E-state index contributed by atoms with van der Waals surface area (Å²) in [4.78, 5) is 14.3. The molecule has 0 radical (unpaired) electrons. The van der Waals surface area contributed by atoms with Gasteiger partial charge in [0.15, 0.2) is 5.82 Å². The standard InChI is InChI=1S/C15H27N5O/c1-15(2,3)12(6-7-16)4-5-14(21)19-8-9-20-11-17-18-13(20)10-19/h11-12H,4-10,16H2,1-3H3. The van der Waals surface area contributed by atoms with Gasteiger partial charge in [0.05, 0.1) is 6.54 Å². The topological polar surface area (TPSA) is 77.0 Å². The van der Waals surface area contributed by atoms with Gasteiger partial charge in [0.25, 0.3) is 0 Å². The minimum atomic E-state index is 0.196. The lowest BCUT2D eigenvalue weighted by atomic mass is 9.76. The summed E-state index contributed by atoms with van der Waals surface area (Å²) < 4.78 is 2.01. The fourth-order valence-electron chi connectivity index (χ4n) is 2.95. The van der Waals surface area contributed by atoms with Gasteiger partial charge in [-0.1, -0.05) is 20.8 Å². The number of nitrogens with two attached hydrogens (primary N) is 1. The van der Waals surface area contributed by atoms with E-state index in [9.17, 15) is 4.79 Å². The fraction of sp³-hybridized carbons (Fsp3) is 0.800. The molecule has 2 rings (SSSR count). The first-order valence-corrected chi connectivity index (χ1v) is 7.76. The van der Waals surface area contributed by atoms with Gasteiger partial charge in [-0.3, -0.25) is 4.79 Å². The van der Waals surface area contributed by atoms with Crippen LogP contribution < -0.4 is 5.73 Å². The molecule has 1 amide bonds. The van der Waals surface area contributed by atoms with Gasteiger partial charge < -0.3 is 15.2 Å². The second-order valence-corrected chi connectivity index (χ2v) is 6.93. The Morgan fingerprint density at radius 2 is 2.14 bits per heavy atom. The zero-order chi connectivity index (χ0) is 15.5. The van der Waals surface area contributed by atoms with E-state index in [2.05, 4.69) is 31.0 Å². The maximum absolute atomic E-state index is 12.4. The summed E-state index contributed by atoms with van der Waals surface area (Å²) >= 11 is 0. The van der Waals surface area contributed by atoms with Crippen molar-refractivity contribution in [2.45, 2.75) is 53.1 Å². The molecule has 0 saturated carbocycles. The number of carbonyl (C=O) groups excluding carboxylic acids is 1. The van der Waals surface area contributed by atoms with Crippen LogP contribution in [0.1, 0.15) is 45.9 Å². The van der Waals surface area contributed by atoms with E-state index in [0.717, 1.165) is 31.8 Å². The smallest absolute Gasteiger partial charge is 0.223 e. The van der Waals surface area contributed by atoms with Crippen LogP contribution in [0.2, 0.25) is 0 Å². The maximum Gasteiger partial charge on any atom is 0.223 e. The van der Waals surface area contributed by atoms with Gasteiger partial charge in [-0.15, -0.1) is 10.2 Å². The predicted molar refractivity (Wildman–Crippen MR) is 81.3 cm³/mol. The number of carbonyl (C=O) groups is 1. The average molecular weight is 293 g/mol. The van der Waals surface area contributed by atoms with Crippen molar-refractivity contribution in [1.82, 2.24) is 19.7 Å². The number of hydrogen-bond donors (Lipinski definition) is 1. The van der Waals surface area contributed by atoms with E-state index < -0.39 is 0 Å². The summed E-state index contributed by atoms with van der Waals surface area (Å²) in [7, 11) is 0. The highest BCUT2D eigenvalue weighted by Crippen LogP contribution is 2.32. The molecular formula is C15H27N5O. The third kappa shape index (κ3) is 4.03. The van der Waals surface area contributed by atoms with Crippen LogP contribution in [0.3, 0.4) is 0 Å². The first-order valence-electron chi connectivity index (χ1n) is 7.76. The molecule has 0 spiro atoms. The van der Waals surface area contributed by atoms with Crippen LogP contribution in [0.25, 0.3) is 0 Å². The predicted octanol–water partition coefficient (Wildman–Crippen LogP) is 1.41. The van der Waals surface area contributed by atoms with E-state index in [4.69, 9.17) is 5.73 Å². The molecule has 118 valence electrons. The molecule has 1 unspecified atom stereocenters. The molecule has 0 fully saturated rings. The number of rotatable bonds is 5. The normalized spacial score (nSPS) is 16.7. The van der Waals surface area contributed by atoms with E-state index >= 15 is 0 Å². The highest BCUT2D eigenvalue weighted by molar-refractivity contribution is 5.76. The van der Waals surface area contributed by atoms with Crippen LogP contribution >= 0.6 is 0 Å². The van der Waals surface area contributed by atoms with Gasteiger partial charge in [-0.2, -0.15) is 0 Å². The molecule has 1 aliphatic rings. The van der Waals surface area contributed by atoms with Crippen molar-refractivity contribution in [2.75, 3.05) is 13.1 Å². The molecule has 1 atom stereocenters. The Balaban J connectivity index is 1.87. The molecular weight excluding hydrogens is 266 g/mol. The number of amides is 1. The Bertz CT molecular complexity index is 477. The second-order valence-electron chi connectivity index (χ2n) is 6.93. The Morgan fingerprint density at radius 1 is 1.38 bits per heavy atom. The first-order chi connectivity index (χ1) is 9.91. The molecule has 0 bridgehead atoms. The fourth-order valence-corrected chi connectivity index (χ4v) is 2.95. The summed E-state index contributed by atoms with van der Waals surface area (Å²) in [6.45, 7) is 9.48. The van der Waals surface area contributed by atoms with Crippen LogP contribution in [0.15, 0.2) is 6.33 Å². The number of hydrogen-bond acceptors (Lipinski definition) is 4. The largest absolute Gasteiger partial charge is 0.333 e. The van der Waals surface area contributed by atoms with Crippen LogP contribution in [-0.4, -0.2) is 38.7 Å². The molecule has 21 heavy (non-hydrogen) atoms. The molecule has 0 aromatic carbocycles. The minimum absolute atomic E-state index is 0.196. The van der Waals surface area contributed by atoms with Crippen LogP contribution in [0.4, 0.5) is 0 Å². The lowest BCUT2D eigenvalue weighted by Gasteiger charge is -2.32. The SMILES string of the molecule is CC(C)(C)C(CCN)CCC(=O)N1CCn2cnnc2C1. The van der Waals surface area contributed by atoms with E-state index in [1.165, 1.54) is 0 Å². The van der Waals surface area contributed by atoms with E-state index in [1.807, 2.05) is 9.47 Å². The van der Waals surface area contributed by atoms with Crippen molar-refractivity contribution in [3.63, 3.8) is 0 Å². The first kappa shape index (κ1) is 15.9. The Hall–Kier alpha value is -1.43. The van der Waals surface area contributed by atoms with Crippen molar-refractivity contribution in [1.29, 1.82) is 0 Å². The van der Waals surface area contributed by atoms with Crippen molar-refractivity contribution in [3.8, 4) is 0 Å². The van der Waals surface area contributed by atoms with Crippen molar-refractivity contribution in [2.24, 2.45) is 17.1 Å². The summed E-state index contributed by atoms with van der Waals surface area (Å²) in [5.41, 5.74) is 5.90. The molecule has 1 aromatic rings. The number of fused-ring (bicyclic) bond motifs is 1. The second kappa shape index (κ2) is 6.56. The highest BCUT2D eigenvalue weighted by atomic mass is 16.2. The van der Waals surface area contributed by atoms with E-state index in [1.54, 1.807) is 6.33 Å². The maximum atomic E-state index is 12.4. The summed E-state index contributed by atoms with van der Waals surface area (Å²) in [6.07, 6.45) is 4.21. The van der Waals surface area contributed by atoms with Crippen molar-refractivity contribution < 1.29 is 4.79 Å². The lowest BCUT2D eigenvalue weighted by Crippen LogP contribution is -2.38. The summed E-state index contributed by atoms with van der Waals surface area (Å²) in [6, 6.07) is 0. The molecule has 0 saturated heterocycles. The summed E-state index contributed by atoms with van der Waals surface area (Å²) in [5, 5.41) is 7.95. The molecule has 1 aromatic heterocycles. The third-order valence-electron chi connectivity index (χ3n) is 4.44. The lowest BCUT2D eigenvalue weighted by molar-refractivity contribution is -0.133. The molecule has 0 aliphatic carbocycles. The zero-order valence-electron chi connectivity index (χ0n) is 13.4. The quantitative estimate of drug-likeness (QED) is 0.890. The molecule has 2 heterocycles. The zero-order valence-corrected chi connectivity index (χ0v) is 13.4. The third-order valence-corrected chi connectivity index (χ3v) is 4.44. The Kier molecular flexibility index (Phi) is 4.98. The van der Waals surface area contributed by atoms with Gasteiger partial charge in [0, 0.05) is 19.5 Å². The monoisotopic (exact) mass is 293 g/mol. The van der Waals surface area contributed by atoms with Crippen LogP contribution in [0, 0.1) is 11.3 Å². The molecule has 6 heteroatoms. The Morgan fingerprint density at radius 3 is 2.81 bits per heavy atom. The van der Waals surface area contributed by atoms with Gasteiger partial charge >= 0.3 is 0 Å². The Labute approximate surface area is 126 Å². The molecule has 6 nitrogen and oxygen atoms in total. The average Bonchev–Trinajstić information content (AvgIpc) is 2.89. The van der Waals surface area contributed by atoms with Crippen LogP contribution in [-0.2, 0) is 17.9 Å². The minimum Gasteiger partial charge on any atom is -0.333 e. The van der Waals surface area contributed by atoms with Gasteiger partial charge in [0.1, 0.15) is 6.33 Å². The van der Waals surface area contributed by atoms with E-state index in [-0.39, 0.29) is 11.3 Å². The highest BCUT2D eigenvalue weighted by Gasteiger charge is 2.26. The number of nitrogens with zero attached hydrogens (tertiary/aromatic N) is 4.